The minimum absolute atomic E-state index is 0.171. The predicted octanol–water partition coefficient (Wildman–Crippen LogP) is 5.64. The molecule has 7 heteroatoms. The molecule has 0 aliphatic heterocycles. The first-order valence-electron chi connectivity index (χ1n) is 14.5. The minimum Gasteiger partial charge on any atom is -0.456 e. The largest absolute Gasteiger partial charge is 0.456 e. The van der Waals surface area contributed by atoms with E-state index in [1.165, 1.54) is 6.92 Å². The standard InChI is InChI=1S/C36H38O7/c1-27(37)43-35-33(41-24-30-18-10-4-11-19-30)32(40-23-29-16-8-3-9-17-29)34(42-25-31-20-12-5-13-21-31)36(35,38)26-39-22-28-14-6-2-7-15-28/h2-21,32-35,38H,22-26H2,1H3/t32-,33-,34+,35+,36-/m1/s1. The maximum absolute atomic E-state index is 12.5. The molecule has 43 heavy (non-hydrogen) atoms. The van der Waals surface area contributed by atoms with Crippen molar-refractivity contribution in [3.8, 4) is 0 Å². The SMILES string of the molecule is CC(=O)O[C@H]1[C@H](OCc2ccccc2)[C@@H](OCc2ccccc2)[C@H](OCc2ccccc2)[C@]1(O)COCc1ccccc1. The number of carbonyl (C=O) groups excluding carboxylic acids is 1. The summed E-state index contributed by atoms with van der Waals surface area (Å²) in [6.07, 6.45) is -3.70. The number of benzene rings is 4. The first-order chi connectivity index (χ1) is 21.0. The van der Waals surface area contributed by atoms with Crippen molar-refractivity contribution in [2.75, 3.05) is 6.61 Å². The number of rotatable bonds is 14. The van der Waals surface area contributed by atoms with Gasteiger partial charge in [0.15, 0.2) is 11.7 Å². The van der Waals surface area contributed by atoms with Crippen molar-refractivity contribution in [1.82, 2.24) is 0 Å². The van der Waals surface area contributed by atoms with Crippen molar-refractivity contribution >= 4 is 5.97 Å². The molecule has 0 amide bonds. The third-order valence-electron chi connectivity index (χ3n) is 7.49. The zero-order valence-corrected chi connectivity index (χ0v) is 24.3. The second-order valence-electron chi connectivity index (χ2n) is 10.7. The Hall–Kier alpha value is -3.85. The highest BCUT2D eigenvalue weighted by atomic mass is 16.6. The number of ether oxygens (including phenoxy) is 5. The molecule has 4 aromatic rings. The summed E-state index contributed by atoms with van der Waals surface area (Å²) in [4.78, 5) is 12.5. The summed E-state index contributed by atoms with van der Waals surface area (Å²) in [6, 6.07) is 38.8. The second kappa shape index (κ2) is 15.0. The molecular formula is C36H38O7. The van der Waals surface area contributed by atoms with Crippen LogP contribution in [-0.4, -0.2) is 47.7 Å². The quantitative estimate of drug-likeness (QED) is 0.193. The van der Waals surface area contributed by atoms with E-state index in [-0.39, 0.29) is 33.0 Å². The van der Waals surface area contributed by atoms with E-state index < -0.39 is 36.0 Å². The Morgan fingerprint density at radius 2 is 0.953 bits per heavy atom. The summed E-state index contributed by atoms with van der Waals surface area (Å²) >= 11 is 0. The molecule has 224 valence electrons. The Kier molecular flexibility index (Phi) is 10.7. The monoisotopic (exact) mass is 582 g/mol. The van der Waals surface area contributed by atoms with E-state index in [0.717, 1.165) is 22.3 Å². The van der Waals surface area contributed by atoms with Gasteiger partial charge in [-0.05, 0) is 22.3 Å². The second-order valence-corrected chi connectivity index (χ2v) is 10.7. The number of esters is 1. The first-order valence-corrected chi connectivity index (χ1v) is 14.5. The van der Waals surface area contributed by atoms with Crippen molar-refractivity contribution < 1.29 is 33.6 Å². The number of carbonyl (C=O) groups is 1. The van der Waals surface area contributed by atoms with Gasteiger partial charge in [-0.3, -0.25) is 4.79 Å². The Morgan fingerprint density at radius 1 is 0.581 bits per heavy atom. The van der Waals surface area contributed by atoms with E-state index in [0.29, 0.717) is 0 Å². The van der Waals surface area contributed by atoms with Crippen molar-refractivity contribution in [3.63, 3.8) is 0 Å². The predicted molar refractivity (Wildman–Crippen MR) is 162 cm³/mol. The molecule has 1 N–H and O–H groups in total. The van der Waals surface area contributed by atoms with Crippen LogP contribution in [-0.2, 0) is 54.9 Å². The molecule has 0 aromatic heterocycles. The Labute approximate surface area is 252 Å². The van der Waals surface area contributed by atoms with Crippen LogP contribution in [0.4, 0.5) is 0 Å². The highest BCUT2D eigenvalue weighted by Crippen LogP contribution is 2.41. The molecule has 0 heterocycles. The van der Waals surface area contributed by atoms with Crippen LogP contribution in [0.2, 0.25) is 0 Å². The molecule has 5 atom stereocenters. The maximum Gasteiger partial charge on any atom is 0.303 e. The number of hydrogen-bond donors (Lipinski definition) is 1. The highest BCUT2D eigenvalue weighted by Gasteiger charge is 2.64. The van der Waals surface area contributed by atoms with Gasteiger partial charge in [-0.15, -0.1) is 0 Å². The normalized spacial score (nSPS) is 23.2. The summed E-state index contributed by atoms with van der Waals surface area (Å²) in [5, 5.41) is 12.5. The van der Waals surface area contributed by atoms with E-state index in [1.807, 2.05) is 121 Å². The summed E-state index contributed by atoms with van der Waals surface area (Å²) in [7, 11) is 0. The van der Waals surface area contributed by atoms with Gasteiger partial charge >= 0.3 is 5.97 Å². The lowest BCUT2D eigenvalue weighted by atomic mass is 9.97. The Balaban J connectivity index is 1.47. The third-order valence-corrected chi connectivity index (χ3v) is 7.49. The zero-order chi connectivity index (χ0) is 29.9. The van der Waals surface area contributed by atoms with Crippen LogP contribution in [0.3, 0.4) is 0 Å². The van der Waals surface area contributed by atoms with Gasteiger partial charge in [0.05, 0.1) is 33.0 Å². The molecule has 1 fully saturated rings. The lowest BCUT2D eigenvalue weighted by molar-refractivity contribution is -0.202. The average molecular weight is 583 g/mol. The van der Waals surface area contributed by atoms with Crippen LogP contribution < -0.4 is 0 Å². The summed E-state index contributed by atoms with van der Waals surface area (Å²) in [5.41, 5.74) is 1.98. The Bertz CT molecular complexity index is 1380. The van der Waals surface area contributed by atoms with Gasteiger partial charge in [-0.2, -0.15) is 0 Å². The molecule has 0 spiro atoms. The van der Waals surface area contributed by atoms with Crippen molar-refractivity contribution in [3.05, 3.63) is 144 Å². The fourth-order valence-electron chi connectivity index (χ4n) is 5.39. The fourth-order valence-corrected chi connectivity index (χ4v) is 5.39. The van der Waals surface area contributed by atoms with Crippen molar-refractivity contribution in [2.24, 2.45) is 0 Å². The molecule has 1 aliphatic carbocycles. The number of aliphatic hydroxyl groups is 1. The van der Waals surface area contributed by atoms with Crippen LogP contribution in [0, 0.1) is 0 Å². The average Bonchev–Trinajstić information content (AvgIpc) is 3.25. The molecule has 1 saturated carbocycles. The molecule has 4 aromatic carbocycles. The summed E-state index contributed by atoms with van der Waals surface area (Å²) in [5.74, 6) is -0.551. The Morgan fingerprint density at radius 3 is 1.37 bits per heavy atom. The van der Waals surface area contributed by atoms with Gasteiger partial charge in [0.1, 0.15) is 18.3 Å². The first kappa shape index (κ1) is 30.6. The van der Waals surface area contributed by atoms with Gasteiger partial charge in [0.25, 0.3) is 0 Å². The maximum atomic E-state index is 12.5. The van der Waals surface area contributed by atoms with E-state index in [2.05, 4.69) is 0 Å². The molecule has 7 nitrogen and oxygen atoms in total. The molecule has 5 rings (SSSR count). The van der Waals surface area contributed by atoms with Gasteiger partial charge in [-0.1, -0.05) is 121 Å². The zero-order valence-electron chi connectivity index (χ0n) is 24.3. The molecule has 1 aliphatic rings. The molecule has 0 radical (unpaired) electrons. The third kappa shape index (κ3) is 8.16. The highest BCUT2D eigenvalue weighted by molar-refractivity contribution is 5.66. The topological polar surface area (TPSA) is 83.5 Å². The lowest BCUT2D eigenvalue weighted by Crippen LogP contribution is -2.55. The molecule has 0 unspecified atom stereocenters. The number of hydrogen-bond acceptors (Lipinski definition) is 7. The fraction of sp³-hybridized carbons (Fsp3) is 0.306. The minimum atomic E-state index is -1.78. The van der Waals surface area contributed by atoms with E-state index in [1.54, 1.807) is 0 Å². The van der Waals surface area contributed by atoms with Crippen LogP contribution in [0.25, 0.3) is 0 Å². The van der Waals surface area contributed by atoms with E-state index >= 15 is 0 Å². The van der Waals surface area contributed by atoms with E-state index in [4.69, 9.17) is 23.7 Å². The van der Waals surface area contributed by atoms with Gasteiger partial charge in [-0.25, -0.2) is 0 Å². The van der Waals surface area contributed by atoms with E-state index in [9.17, 15) is 9.90 Å². The molecule has 0 saturated heterocycles. The summed E-state index contributed by atoms with van der Waals surface area (Å²) < 4.78 is 31.4. The van der Waals surface area contributed by atoms with Crippen LogP contribution in [0.5, 0.6) is 0 Å². The lowest BCUT2D eigenvalue weighted by Gasteiger charge is -2.34. The molecule has 0 bridgehead atoms. The van der Waals surface area contributed by atoms with Crippen LogP contribution in [0.1, 0.15) is 29.2 Å². The summed E-state index contributed by atoms with van der Waals surface area (Å²) in [6.45, 7) is 2.08. The van der Waals surface area contributed by atoms with Crippen LogP contribution >= 0.6 is 0 Å². The van der Waals surface area contributed by atoms with Gasteiger partial charge in [0, 0.05) is 6.92 Å². The van der Waals surface area contributed by atoms with Crippen molar-refractivity contribution in [2.45, 2.75) is 63.4 Å². The smallest absolute Gasteiger partial charge is 0.303 e. The van der Waals surface area contributed by atoms with Crippen molar-refractivity contribution in [1.29, 1.82) is 0 Å². The van der Waals surface area contributed by atoms with Crippen LogP contribution in [0.15, 0.2) is 121 Å². The van der Waals surface area contributed by atoms with Gasteiger partial charge in [0.2, 0.25) is 0 Å². The molecular weight excluding hydrogens is 544 g/mol. The van der Waals surface area contributed by atoms with Gasteiger partial charge < -0.3 is 28.8 Å².